The van der Waals surface area contributed by atoms with E-state index in [1.54, 1.807) is 30.4 Å². The van der Waals surface area contributed by atoms with Gasteiger partial charge in [-0.2, -0.15) is 4.31 Å². The number of H-pyrrole nitrogens is 1. The van der Waals surface area contributed by atoms with E-state index in [0.717, 1.165) is 9.40 Å². The van der Waals surface area contributed by atoms with Crippen LogP contribution in [0.5, 0.6) is 0 Å². The Labute approximate surface area is 224 Å². The maximum Gasteiger partial charge on any atom is 0.310 e. The van der Waals surface area contributed by atoms with Crippen molar-refractivity contribution in [2.45, 2.75) is 63.2 Å². The number of thiophene rings is 2. The standard InChI is InChI=1S/C25H30N4O5S3/c1-15(2)12-18(28-25(32)22-13-21-20(36-22)9-11-35-21)24(31)27-17-8-7-16(3)29(14-19(17)30)37(33,34)23-6-4-5-10-26-23/h4-6,9-11,13,15-18H,7-8,12,14H2,1-3H3,(H,27,31)(H,28,32)/p+1/t16?,17-,18-/m0/s1. The van der Waals surface area contributed by atoms with Crippen molar-refractivity contribution in [3.63, 3.8) is 0 Å². The number of Topliss-reactive ketones (excluding diaryl/α,β-unsaturated/α-hetero) is 1. The maximum absolute atomic E-state index is 13.3. The van der Waals surface area contributed by atoms with E-state index in [1.807, 2.05) is 31.4 Å². The average Bonchev–Trinajstić information content (AvgIpc) is 3.43. The minimum Gasteiger partial charge on any atom is -0.344 e. The van der Waals surface area contributed by atoms with Gasteiger partial charge in [0.05, 0.1) is 17.5 Å². The molecule has 1 saturated heterocycles. The van der Waals surface area contributed by atoms with Crippen molar-refractivity contribution in [2.75, 3.05) is 6.54 Å². The highest BCUT2D eigenvalue weighted by atomic mass is 32.2. The minimum atomic E-state index is -3.92. The van der Waals surface area contributed by atoms with Gasteiger partial charge < -0.3 is 10.6 Å². The number of carbonyl (C=O) groups excluding carboxylic acids is 3. The van der Waals surface area contributed by atoms with Crippen molar-refractivity contribution in [1.82, 2.24) is 14.9 Å². The zero-order valence-corrected chi connectivity index (χ0v) is 23.3. The molecule has 4 heterocycles. The van der Waals surface area contributed by atoms with Crippen LogP contribution in [0.4, 0.5) is 0 Å². The van der Waals surface area contributed by atoms with Gasteiger partial charge in [0.25, 0.3) is 5.91 Å². The normalized spacial score (nSPS) is 20.1. The average molecular weight is 564 g/mol. The molecule has 0 radical (unpaired) electrons. The van der Waals surface area contributed by atoms with Crippen molar-refractivity contribution in [1.29, 1.82) is 0 Å². The molecule has 12 heteroatoms. The molecule has 3 aromatic rings. The molecule has 3 N–H and O–H groups in total. The Morgan fingerprint density at radius 3 is 2.65 bits per heavy atom. The molecule has 4 rings (SSSR count). The Bertz CT molecular complexity index is 1350. The van der Waals surface area contributed by atoms with E-state index in [1.165, 1.54) is 27.9 Å². The highest BCUT2D eigenvalue weighted by molar-refractivity contribution is 7.89. The molecule has 1 aliphatic heterocycles. The molecule has 3 aromatic heterocycles. The molecule has 2 amide bonds. The molecular formula is C25H31N4O5S3+. The first kappa shape index (κ1) is 27.4. The Balaban J connectivity index is 1.46. The van der Waals surface area contributed by atoms with Gasteiger partial charge in [-0.15, -0.1) is 22.7 Å². The van der Waals surface area contributed by atoms with E-state index in [2.05, 4.69) is 15.6 Å². The van der Waals surface area contributed by atoms with Crippen LogP contribution in [0, 0.1) is 5.92 Å². The van der Waals surface area contributed by atoms with Crippen molar-refractivity contribution in [2.24, 2.45) is 5.92 Å². The smallest absolute Gasteiger partial charge is 0.310 e. The topological polar surface area (TPSA) is 127 Å². The first-order valence-electron chi connectivity index (χ1n) is 12.2. The van der Waals surface area contributed by atoms with E-state index >= 15 is 0 Å². The Morgan fingerprint density at radius 1 is 1.19 bits per heavy atom. The lowest BCUT2D eigenvalue weighted by Gasteiger charge is -2.23. The van der Waals surface area contributed by atoms with Gasteiger partial charge in [-0.05, 0) is 55.7 Å². The lowest BCUT2D eigenvalue weighted by Crippen LogP contribution is -2.52. The highest BCUT2D eigenvalue weighted by Gasteiger charge is 2.39. The fourth-order valence-electron chi connectivity index (χ4n) is 4.35. The zero-order valence-electron chi connectivity index (χ0n) is 20.9. The number of sulfonamides is 1. The summed E-state index contributed by atoms with van der Waals surface area (Å²) in [6, 6.07) is 6.43. The number of ketones is 1. The van der Waals surface area contributed by atoms with E-state index < -0.39 is 34.1 Å². The molecular weight excluding hydrogens is 532 g/mol. The number of hydrogen-bond donors (Lipinski definition) is 2. The predicted molar refractivity (Wildman–Crippen MR) is 143 cm³/mol. The van der Waals surface area contributed by atoms with Gasteiger partial charge in [-0.25, -0.2) is 13.4 Å². The number of hydrogen-bond acceptors (Lipinski definition) is 7. The first-order chi connectivity index (χ1) is 17.6. The fourth-order valence-corrected chi connectivity index (χ4v) is 7.96. The van der Waals surface area contributed by atoms with Crippen molar-refractivity contribution in [3.8, 4) is 0 Å². The van der Waals surface area contributed by atoms with Crippen LogP contribution in [0.25, 0.3) is 9.40 Å². The van der Waals surface area contributed by atoms with Gasteiger partial charge in [-0.1, -0.05) is 13.8 Å². The number of nitrogens with one attached hydrogen (secondary N) is 3. The maximum atomic E-state index is 13.3. The van der Waals surface area contributed by atoms with Crippen LogP contribution >= 0.6 is 22.7 Å². The number of aromatic nitrogens is 1. The van der Waals surface area contributed by atoms with Crippen molar-refractivity contribution in [3.05, 3.63) is 46.8 Å². The summed E-state index contributed by atoms with van der Waals surface area (Å²) in [5, 5.41) is 7.61. The molecule has 0 aromatic carbocycles. The SMILES string of the molecule is CC(C)C[C@H](NC(=O)c1cc2sccc2s1)C(=O)N[C@H]1CCC(C)N(S(=O)(=O)c2cccc[nH+]2)CC1=O. The Kier molecular flexibility index (Phi) is 8.42. The molecule has 0 spiro atoms. The van der Waals surface area contributed by atoms with E-state index in [4.69, 9.17) is 0 Å². The summed E-state index contributed by atoms with van der Waals surface area (Å²) in [5.41, 5.74) is 0. The second kappa shape index (κ2) is 11.4. The van der Waals surface area contributed by atoms with Gasteiger partial charge in [-0.3, -0.25) is 14.4 Å². The molecule has 1 aliphatic rings. The molecule has 1 fully saturated rings. The van der Waals surface area contributed by atoms with E-state index in [9.17, 15) is 22.8 Å². The van der Waals surface area contributed by atoms with Crippen molar-refractivity contribution >= 4 is 59.7 Å². The summed E-state index contributed by atoms with van der Waals surface area (Å²) in [4.78, 5) is 42.6. The summed E-state index contributed by atoms with van der Waals surface area (Å²) < 4.78 is 29.6. The van der Waals surface area contributed by atoms with Crippen LogP contribution in [0.3, 0.4) is 0 Å². The van der Waals surface area contributed by atoms with Crippen LogP contribution in [-0.2, 0) is 19.6 Å². The fraction of sp³-hybridized carbons (Fsp3) is 0.440. The third-order valence-corrected chi connectivity index (χ3v) is 10.3. The predicted octanol–water partition coefficient (Wildman–Crippen LogP) is 2.85. The number of nitrogens with zero attached hydrogens (tertiary/aromatic N) is 1. The summed E-state index contributed by atoms with van der Waals surface area (Å²) in [6.45, 7) is 5.32. The number of carbonyl (C=O) groups is 3. The number of fused-ring (bicyclic) bond motifs is 1. The van der Waals surface area contributed by atoms with Crippen LogP contribution in [0.15, 0.2) is 46.9 Å². The van der Waals surface area contributed by atoms with Gasteiger partial charge in [0.1, 0.15) is 6.04 Å². The highest BCUT2D eigenvalue weighted by Crippen LogP contribution is 2.30. The largest absolute Gasteiger partial charge is 0.344 e. The van der Waals surface area contributed by atoms with E-state index in [0.29, 0.717) is 24.1 Å². The quantitative estimate of drug-likeness (QED) is 0.436. The molecule has 0 saturated carbocycles. The monoisotopic (exact) mass is 563 g/mol. The van der Waals surface area contributed by atoms with Gasteiger partial charge in [0, 0.05) is 27.6 Å². The molecule has 0 aliphatic carbocycles. The van der Waals surface area contributed by atoms with Crippen molar-refractivity contribution < 1.29 is 27.8 Å². The molecule has 198 valence electrons. The minimum absolute atomic E-state index is 0.00490. The van der Waals surface area contributed by atoms with Gasteiger partial charge in [0.2, 0.25) is 5.91 Å². The number of aromatic amines is 1. The Hall–Kier alpha value is -2.67. The Morgan fingerprint density at radius 2 is 1.97 bits per heavy atom. The number of pyridine rings is 1. The summed E-state index contributed by atoms with van der Waals surface area (Å²) in [7, 11) is -3.92. The third kappa shape index (κ3) is 6.25. The number of rotatable bonds is 8. The van der Waals surface area contributed by atoms with Crippen LogP contribution in [0.1, 0.15) is 49.7 Å². The second-order valence-corrected chi connectivity index (χ2v) is 13.5. The summed E-state index contributed by atoms with van der Waals surface area (Å²) in [6.07, 6.45) is 2.62. The second-order valence-electron chi connectivity index (χ2n) is 9.65. The molecule has 37 heavy (non-hydrogen) atoms. The van der Waals surface area contributed by atoms with Crippen LogP contribution < -0.4 is 15.6 Å². The van der Waals surface area contributed by atoms with Crippen LogP contribution in [-0.4, -0.2) is 55.0 Å². The number of amides is 2. The van der Waals surface area contributed by atoms with Gasteiger partial charge in [0.15, 0.2) is 12.0 Å². The molecule has 0 bridgehead atoms. The van der Waals surface area contributed by atoms with Gasteiger partial charge >= 0.3 is 15.0 Å². The first-order valence-corrected chi connectivity index (χ1v) is 15.3. The summed E-state index contributed by atoms with van der Waals surface area (Å²) in [5.74, 6) is -1.04. The summed E-state index contributed by atoms with van der Waals surface area (Å²) >= 11 is 2.92. The third-order valence-electron chi connectivity index (χ3n) is 6.34. The van der Waals surface area contributed by atoms with Crippen LogP contribution in [0.2, 0.25) is 0 Å². The van der Waals surface area contributed by atoms with E-state index in [-0.39, 0.29) is 29.2 Å². The molecule has 3 atom stereocenters. The molecule has 1 unspecified atom stereocenters. The lowest BCUT2D eigenvalue weighted by molar-refractivity contribution is -0.428. The lowest BCUT2D eigenvalue weighted by atomic mass is 10.0. The molecule has 9 nitrogen and oxygen atoms in total. The zero-order chi connectivity index (χ0) is 26.7.